The first-order chi connectivity index (χ1) is 8.69. The molecule has 0 amide bonds. The monoisotopic (exact) mass is 309 g/mol. The predicted octanol–water partition coefficient (Wildman–Crippen LogP) is 3.90. The molecule has 0 saturated heterocycles. The molecule has 0 fully saturated rings. The Kier molecular flexibility index (Phi) is 4.44. The zero-order valence-corrected chi connectivity index (χ0v) is 12.0. The number of ether oxygens (including phenoxy) is 1. The lowest BCUT2D eigenvalue weighted by Crippen LogP contribution is -2.17. The van der Waals surface area contributed by atoms with Crippen LogP contribution in [0.25, 0.3) is 0 Å². The van der Waals surface area contributed by atoms with Crippen LogP contribution in [0.5, 0.6) is 5.75 Å². The van der Waals surface area contributed by atoms with E-state index >= 15 is 0 Å². The van der Waals surface area contributed by atoms with Gasteiger partial charge in [0.05, 0.1) is 13.2 Å². The first-order valence-electron chi connectivity index (χ1n) is 5.80. The lowest BCUT2D eigenvalue weighted by atomic mass is 10.2. The van der Waals surface area contributed by atoms with E-state index in [-0.39, 0.29) is 6.04 Å². The Morgan fingerprint density at radius 2 is 1.94 bits per heavy atom. The van der Waals surface area contributed by atoms with Crippen molar-refractivity contribution in [1.82, 2.24) is 5.32 Å². The maximum absolute atomic E-state index is 5.50. The van der Waals surface area contributed by atoms with Crippen LogP contribution in [0.4, 0.5) is 0 Å². The van der Waals surface area contributed by atoms with Crippen LogP contribution in [0, 0.1) is 0 Å². The summed E-state index contributed by atoms with van der Waals surface area (Å²) < 4.78 is 11.4. The molecule has 96 valence electrons. The smallest absolute Gasteiger partial charge is 0.169 e. The van der Waals surface area contributed by atoms with Crippen molar-refractivity contribution in [3.05, 3.63) is 52.4 Å². The highest BCUT2D eigenvalue weighted by molar-refractivity contribution is 9.10. The standard InChI is InChI=1S/C14H16BrNO2/c1-10(13-7-8-14(15)18-13)16-9-11-3-5-12(17-2)6-4-11/h3-8,10,16H,9H2,1-2H3. The molecule has 18 heavy (non-hydrogen) atoms. The number of rotatable bonds is 5. The number of benzene rings is 1. The fourth-order valence-electron chi connectivity index (χ4n) is 1.68. The molecule has 0 spiro atoms. The zero-order valence-electron chi connectivity index (χ0n) is 10.4. The van der Waals surface area contributed by atoms with Crippen molar-refractivity contribution in [3.63, 3.8) is 0 Å². The highest BCUT2D eigenvalue weighted by Crippen LogP contribution is 2.20. The van der Waals surface area contributed by atoms with Crippen LogP contribution in [-0.4, -0.2) is 7.11 Å². The minimum absolute atomic E-state index is 0.179. The van der Waals surface area contributed by atoms with Crippen LogP contribution in [0.1, 0.15) is 24.3 Å². The van der Waals surface area contributed by atoms with Gasteiger partial charge >= 0.3 is 0 Å². The van der Waals surface area contributed by atoms with Crippen molar-refractivity contribution in [2.45, 2.75) is 19.5 Å². The highest BCUT2D eigenvalue weighted by Gasteiger charge is 2.08. The third kappa shape index (κ3) is 3.37. The second-order valence-electron chi connectivity index (χ2n) is 4.09. The molecule has 1 aromatic carbocycles. The number of hydrogen-bond acceptors (Lipinski definition) is 3. The Hall–Kier alpha value is -1.26. The van der Waals surface area contributed by atoms with Crippen molar-refractivity contribution >= 4 is 15.9 Å². The number of methoxy groups -OCH3 is 1. The average molecular weight is 310 g/mol. The second-order valence-corrected chi connectivity index (χ2v) is 4.87. The van der Waals surface area contributed by atoms with Gasteiger partial charge in [-0.05, 0) is 52.7 Å². The van der Waals surface area contributed by atoms with Gasteiger partial charge in [-0.15, -0.1) is 0 Å². The molecule has 4 heteroatoms. The number of nitrogens with one attached hydrogen (secondary N) is 1. The summed E-state index contributed by atoms with van der Waals surface area (Å²) in [4.78, 5) is 0. The van der Waals surface area contributed by atoms with Crippen molar-refractivity contribution in [1.29, 1.82) is 0 Å². The zero-order chi connectivity index (χ0) is 13.0. The Bertz CT molecular complexity index is 493. The highest BCUT2D eigenvalue weighted by atomic mass is 79.9. The van der Waals surface area contributed by atoms with Gasteiger partial charge in [0, 0.05) is 6.54 Å². The number of hydrogen-bond donors (Lipinski definition) is 1. The Morgan fingerprint density at radius 3 is 2.50 bits per heavy atom. The fraction of sp³-hybridized carbons (Fsp3) is 0.286. The summed E-state index contributed by atoms with van der Waals surface area (Å²) in [6, 6.07) is 12.1. The molecule has 3 nitrogen and oxygen atoms in total. The normalized spacial score (nSPS) is 12.4. The SMILES string of the molecule is COc1ccc(CNC(C)c2ccc(Br)o2)cc1. The minimum atomic E-state index is 0.179. The molecule has 0 bridgehead atoms. The molecule has 1 unspecified atom stereocenters. The molecule has 0 aliphatic rings. The molecule has 1 aromatic heterocycles. The van der Waals surface area contributed by atoms with Gasteiger partial charge in [-0.25, -0.2) is 0 Å². The summed E-state index contributed by atoms with van der Waals surface area (Å²) in [5, 5.41) is 3.41. The van der Waals surface area contributed by atoms with E-state index in [2.05, 4.69) is 40.3 Å². The van der Waals surface area contributed by atoms with E-state index in [0.29, 0.717) is 0 Å². The molecule has 0 aliphatic carbocycles. The summed E-state index contributed by atoms with van der Waals surface area (Å²) in [5.74, 6) is 1.80. The predicted molar refractivity (Wildman–Crippen MR) is 74.7 cm³/mol. The van der Waals surface area contributed by atoms with Crippen molar-refractivity contribution in [2.24, 2.45) is 0 Å². The van der Waals surface area contributed by atoms with E-state index < -0.39 is 0 Å². The summed E-state index contributed by atoms with van der Waals surface area (Å²) >= 11 is 3.30. The molecular weight excluding hydrogens is 294 g/mol. The fourth-order valence-corrected chi connectivity index (χ4v) is 2.00. The maximum Gasteiger partial charge on any atom is 0.169 e. The van der Waals surface area contributed by atoms with Gasteiger partial charge in [0.2, 0.25) is 0 Å². The van der Waals surface area contributed by atoms with Crippen LogP contribution in [0.2, 0.25) is 0 Å². The molecule has 0 radical (unpaired) electrons. The van der Waals surface area contributed by atoms with Crippen LogP contribution in [0.3, 0.4) is 0 Å². The molecule has 1 heterocycles. The van der Waals surface area contributed by atoms with Gasteiger partial charge in [-0.3, -0.25) is 0 Å². The van der Waals surface area contributed by atoms with Crippen LogP contribution >= 0.6 is 15.9 Å². The molecule has 0 aliphatic heterocycles. The van der Waals surface area contributed by atoms with Crippen LogP contribution < -0.4 is 10.1 Å². The molecule has 0 saturated carbocycles. The Labute approximate surface area is 115 Å². The average Bonchev–Trinajstić information content (AvgIpc) is 2.83. The molecule has 1 N–H and O–H groups in total. The lowest BCUT2D eigenvalue weighted by molar-refractivity contribution is 0.412. The van der Waals surface area contributed by atoms with Crippen molar-refractivity contribution in [3.8, 4) is 5.75 Å². The van der Waals surface area contributed by atoms with Gasteiger partial charge in [-0.2, -0.15) is 0 Å². The van der Waals surface area contributed by atoms with E-state index in [1.54, 1.807) is 7.11 Å². The molecule has 2 rings (SSSR count). The van der Waals surface area contributed by atoms with Gasteiger partial charge in [0.1, 0.15) is 11.5 Å². The van der Waals surface area contributed by atoms with Gasteiger partial charge in [0.25, 0.3) is 0 Å². The second kappa shape index (κ2) is 6.07. The van der Waals surface area contributed by atoms with Crippen molar-refractivity contribution in [2.75, 3.05) is 7.11 Å². The first kappa shape index (κ1) is 13.2. The van der Waals surface area contributed by atoms with E-state index in [1.165, 1.54) is 5.56 Å². The summed E-state index contributed by atoms with van der Waals surface area (Å²) in [5.41, 5.74) is 1.22. The summed E-state index contributed by atoms with van der Waals surface area (Å²) in [6.07, 6.45) is 0. The van der Waals surface area contributed by atoms with E-state index in [4.69, 9.17) is 9.15 Å². The molecule has 1 atom stereocenters. The topological polar surface area (TPSA) is 34.4 Å². The third-order valence-electron chi connectivity index (χ3n) is 2.79. The van der Waals surface area contributed by atoms with E-state index in [9.17, 15) is 0 Å². The maximum atomic E-state index is 5.50. The lowest BCUT2D eigenvalue weighted by Gasteiger charge is -2.11. The first-order valence-corrected chi connectivity index (χ1v) is 6.60. The van der Waals surface area contributed by atoms with E-state index in [0.717, 1.165) is 22.7 Å². The quantitative estimate of drug-likeness (QED) is 0.909. The minimum Gasteiger partial charge on any atom is -0.497 e. The third-order valence-corrected chi connectivity index (χ3v) is 3.22. The summed E-state index contributed by atoms with van der Waals surface area (Å²) in [7, 11) is 1.67. The molecule has 2 aromatic rings. The van der Waals surface area contributed by atoms with Gasteiger partial charge in [-0.1, -0.05) is 12.1 Å². The Morgan fingerprint density at radius 1 is 1.22 bits per heavy atom. The number of furan rings is 1. The van der Waals surface area contributed by atoms with Gasteiger partial charge < -0.3 is 14.5 Å². The van der Waals surface area contributed by atoms with E-state index in [1.807, 2.05) is 24.3 Å². The largest absolute Gasteiger partial charge is 0.497 e. The van der Waals surface area contributed by atoms with Crippen LogP contribution in [-0.2, 0) is 6.54 Å². The Balaban J connectivity index is 1.90. The molecular formula is C14H16BrNO2. The summed E-state index contributed by atoms with van der Waals surface area (Å²) in [6.45, 7) is 2.87. The van der Waals surface area contributed by atoms with Gasteiger partial charge in [0.15, 0.2) is 4.67 Å². The number of halogens is 1. The van der Waals surface area contributed by atoms with Crippen LogP contribution in [0.15, 0.2) is 45.5 Å². The van der Waals surface area contributed by atoms with Crippen molar-refractivity contribution < 1.29 is 9.15 Å².